The molecule has 0 radical (unpaired) electrons. The smallest absolute Gasteiger partial charge is 0.491 e. The number of benzene rings is 1. The number of methoxy groups -OCH3 is 1. The first kappa shape index (κ1) is 20.0. The van der Waals surface area contributed by atoms with E-state index < -0.39 is 18.3 Å². The molecule has 1 heterocycles. The lowest BCUT2D eigenvalue weighted by molar-refractivity contribution is -0.109. The average molecular weight is 366 g/mol. The summed E-state index contributed by atoms with van der Waals surface area (Å²) in [5.74, 6) is 0.471. The molecule has 0 saturated carbocycles. The molecule has 1 aromatic rings. The van der Waals surface area contributed by atoms with Crippen LogP contribution in [0, 0.1) is 5.82 Å². The van der Waals surface area contributed by atoms with Gasteiger partial charge in [-0.25, -0.2) is 4.39 Å². The van der Waals surface area contributed by atoms with Crippen molar-refractivity contribution in [3.05, 3.63) is 35.1 Å². The number of thioether (sulfide) groups is 1. The van der Waals surface area contributed by atoms with E-state index in [1.807, 2.05) is 33.8 Å². The van der Waals surface area contributed by atoms with Crippen molar-refractivity contribution in [3.63, 3.8) is 0 Å². The minimum absolute atomic E-state index is 0.00786. The van der Waals surface area contributed by atoms with Crippen LogP contribution in [0.3, 0.4) is 0 Å². The largest absolute Gasteiger partial charge is 0.496 e. The predicted molar refractivity (Wildman–Crippen MR) is 100 cm³/mol. The summed E-state index contributed by atoms with van der Waals surface area (Å²) in [6.07, 6.45) is 1.84. The van der Waals surface area contributed by atoms with Gasteiger partial charge in [-0.15, -0.1) is 0 Å². The molecule has 0 aromatic heterocycles. The highest BCUT2D eigenvalue weighted by molar-refractivity contribution is 8.13. The van der Waals surface area contributed by atoms with Gasteiger partial charge in [0.05, 0.1) is 18.3 Å². The highest BCUT2D eigenvalue weighted by atomic mass is 32.2. The molecule has 0 amide bonds. The fourth-order valence-electron chi connectivity index (χ4n) is 2.36. The van der Waals surface area contributed by atoms with Gasteiger partial charge in [0.15, 0.2) is 5.12 Å². The van der Waals surface area contributed by atoms with Crippen LogP contribution in [0.15, 0.2) is 23.7 Å². The molecule has 7 heteroatoms. The first-order chi connectivity index (χ1) is 11.6. The number of hydrogen-bond acceptors (Lipinski definition) is 5. The minimum Gasteiger partial charge on any atom is -0.496 e. The molecule has 1 aliphatic rings. The molecule has 0 spiro atoms. The van der Waals surface area contributed by atoms with Crippen molar-refractivity contribution in [2.24, 2.45) is 0 Å². The number of halogens is 1. The normalized spacial score (nSPS) is 19.2. The van der Waals surface area contributed by atoms with Gasteiger partial charge in [-0.2, -0.15) is 0 Å². The first-order valence-electron chi connectivity index (χ1n) is 8.09. The molecule has 0 bridgehead atoms. The van der Waals surface area contributed by atoms with Gasteiger partial charge in [0.2, 0.25) is 0 Å². The summed E-state index contributed by atoms with van der Waals surface area (Å²) in [5.41, 5.74) is 0.538. The Balaban J connectivity index is 2.38. The highest BCUT2D eigenvalue weighted by Gasteiger charge is 2.52. The molecule has 0 aliphatic carbocycles. The zero-order chi connectivity index (χ0) is 18.8. The molecule has 136 valence electrons. The molecule has 0 atom stereocenters. The Hall–Kier alpha value is -1.31. The third-order valence-electron chi connectivity index (χ3n) is 4.53. The fourth-order valence-corrected chi connectivity index (χ4v) is 2.95. The van der Waals surface area contributed by atoms with Crippen molar-refractivity contribution in [1.29, 1.82) is 0 Å². The SMILES string of the molecule is COc1cc(F)ccc1C=C(CSC(C)=O)B1OC(C)(C)C(C)(C)O1. The molecule has 4 nitrogen and oxygen atoms in total. The van der Waals surface area contributed by atoms with Crippen LogP contribution >= 0.6 is 11.8 Å². The molecule has 1 saturated heterocycles. The Kier molecular flexibility index (Phi) is 6.02. The summed E-state index contributed by atoms with van der Waals surface area (Å²) >= 11 is 1.18. The first-order valence-corrected chi connectivity index (χ1v) is 9.07. The molecular formula is C18H24BFO4S. The zero-order valence-electron chi connectivity index (χ0n) is 15.5. The minimum atomic E-state index is -0.577. The molecule has 0 N–H and O–H groups in total. The van der Waals surface area contributed by atoms with E-state index in [0.717, 1.165) is 5.47 Å². The quantitative estimate of drug-likeness (QED) is 0.734. The number of rotatable bonds is 5. The Morgan fingerprint density at radius 3 is 2.40 bits per heavy atom. The summed E-state index contributed by atoms with van der Waals surface area (Å²) in [6, 6.07) is 4.33. The molecule has 1 aromatic carbocycles. The number of carbonyl (C=O) groups excluding carboxylic acids is 1. The van der Waals surface area contributed by atoms with Crippen molar-refractivity contribution < 1.29 is 23.2 Å². The van der Waals surface area contributed by atoms with Crippen LogP contribution < -0.4 is 4.74 Å². The highest BCUT2D eigenvalue weighted by Crippen LogP contribution is 2.39. The second-order valence-corrected chi connectivity index (χ2v) is 8.13. The van der Waals surface area contributed by atoms with E-state index in [0.29, 0.717) is 17.1 Å². The number of hydrogen-bond donors (Lipinski definition) is 0. The maximum Gasteiger partial charge on any atom is 0.491 e. The zero-order valence-corrected chi connectivity index (χ0v) is 16.3. The lowest BCUT2D eigenvalue weighted by atomic mass is 9.78. The van der Waals surface area contributed by atoms with Crippen LogP contribution in [-0.4, -0.2) is 36.3 Å². The monoisotopic (exact) mass is 366 g/mol. The Labute approximate surface area is 153 Å². The molecule has 2 rings (SSSR count). The summed E-state index contributed by atoms with van der Waals surface area (Å²) < 4.78 is 30.9. The maximum absolute atomic E-state index is 13.4. The van der Waals surface area contributed by atoms with Crippen LogP contribution in [0.1, 0.15) is 40.2 Å². The van der Waals surface area contributed by atoms with Gasteiger partial charge in [-0.1, -0.05) is 17.8 Å². The van der Waals surface area contributed by atoms with E-state index in [2.05, 4.69) is 0 Å². The molecule has 25 heavy (non-hydrogen) atoms. The summed E-state index contributed by atoms with van der Waals surface area (Å²) in [5, 5.41) is 0.00786. The standard InChI is InChI=1S/C18H24BFO4S/c1-12(21)25-11-14(19-23-17(2,3)18(4,5)24-19)9-13-7-8-15(20)10-16(13)22-6/h7-10H,11H2,1-6H3. The predicted octanol–water partition coefficient (Wildman–Crippen LogP) is 4.13. The van der Waals surface area contributed by atoms with Gasteiger partial charge in [0.25, 0.3) is 0 Å². The molecule has 1 fully saturated rings. The van der Waals surface area contributed by atoms with Crippen molar-refractivity contribution in [1.82, 2.24) is 0 Å². The van der Waals surface area contributed by atoms with Crippen LogP contribution in [0.2, 0.25) is 0 Å². The van der Waals surface area contributed by atoms with Crippen LogP contribution in [-0.2, 0) is 14.1 Å². The van der Waals surface area contributed by atoms with E-state index in [-0.39, 0.29) is 10.9 Å². The van der Waals surface area contributed by atoms with Crippen LogP contribution in [0.4, 0.5) is 4.39 Å². The molecular weight excluding hydrogens is 342 g/mol. The molecule has 1 aliphatic heterocycles. The summed E-state index contributed by atoms with van der Waals surface area (Å²) in [4.78, 5) is 11.4. The third-order valence-corrected chi connectivity index (χ3v) is 5.42. The van der Waals surface area contributed by atoms with E-state index >= 15 is 0 Å². The van der Waals surface area contributed by atoms with Gasteiger partial charge in [0.1, 0.15) is 11.6 Å². The van der Waals surface area contributed by atoms with Crippen molar-refractivity contribution >= 4 is 30.1 Å². The van der Waals surface area contributed by atoms with Gasteiger partial charge >= 0.3 is 7.12 Å². The Morgan fingerprint density at radius 2 is 1.88 bits per heavy atom. The summed E-state index contributed by atoms with van der Waals surface area (Å²) in [7, 11) is 0.914. The van der Waals surface area contributed by atoms with Gasteiger partial charge < -0.3 is 14.0 Å². The number of ether oxygens (including phenoxy) is 1. The van der Waals surface area contributed by atoms with Crippen molar-refractivity contribution in [3.8, 4) is 5.75 Å². The Morgan fingerprint density at radius 1 is 1.28 bits per heavy atom. The van der Waals surface area contributed by atoms with E-state index in [1.165, 1.54) is 37.9 Å². The van der Waals surface area contributed by atoms with Crippen LogP contribution in [0.5, 0.6) is 5.75 Å². The molecule has 0 unspecified atom stereocenters. The van der Waals surface area contributed by atoms with E-state index in [1.54, 1.807) is 6.07 Å². The second kappa shape index (κ2) is 7.52. The van der Waals surface area contributed by atoms with Crippen molar-refractivity contribution in [2.75, 3.05) is 12.9 Å². The third kappa shape index (κ3) is 4.66. The summed E-state index contributed by atoms with van der Waals surface area (Å²) in [6.45, 7) is 9.41. The maximum atomic E-state index is 13.4. The van der Waals surface area contributed by atoms with E-state index in [9.17, 15) is 9.18 Å². The number of carbonyl (C=O) groups is 1. The lowest BCUT2D eigenvalue weighted by Gasteiger charge is -2.32. The average Bonchev–Trinajstić information content (AvgIpc) is 2.72. The Bertz CT molecular complexity index is 672. The van der Waals surface area contributed by atoms with E-state index in [4.69, 9.17) is 14.0 Å². The van der Waals surface area contributed by atoms with Crippen molar-refractivity contribution in [2.45, 2.75) is 45.8 Å². The topological polar surface area (TPSA) is 44.8 Å². The fraction of sp³-hybridized carbons (Fsp3) is 0.500. The van der Waals surface area contributed by atoms with Gasteiger partial charge in [0, 0.05) is 24.3 Å². The van der Waals surface area contributed by atoms with Gasteiger partial charge in [-0.3, -0.25) is 4.79 Å². The second-order valence-electron chi connectivity index (χ2n) is 6.97. The van der Waals surface area contributed by atoms with Crippen LogP contribution in [0.25, 0.3) is 6.08 Å². The lowest BCUT2D eigenvalue weighted by Crippen LogP contribution is -2.41. The van der Waals surface area contributed by atoms with Gasteiger partial charge in [-0.05, 0) is 45.3 Å².